The molecule has 0 bridgehead atoms. The summed E-state index contributed by atoms with van der Waals surface area (Å²) in [5.74, 6) is 0.668. The zero-order valence-corrected chi connectivity index (χ0v) is 17.4. The number of nitro benzene ring substituents is 1. The van der Waals surface area contributed by atoms with Crippen LogP contribution < -0.4 is 20.2 Å². The van der Waals surface area contributed by atoms with E-state index in [0.29, 0.717) is 5.75 Å². The van der Waals surface area contributed by atoms with Gasteiger partial charge in [0.2, 0.25) is 5.75 Å². The number of aryl methyl sites for hydroxylation is 2. The number of nitro groups is 1. The van der Waals surface area contributed by atoms with Gasteiger partial charge in [-0.1, -0.05) is 23.8 Å². The van der Waals surface area contributed by atoms with Crippen molar-refractivity contribution in [3.63, 3.8) is 0 Å². The van der Waals surface area contributed by atoms with Crippen LogP contribution >= 0.6 is 0 Å². The molecule has 4 rings (SSSR count). The molecular formula is C22H26N4O4. The highest BCUT2D eigenvalue weighted by molar-refractivity contribution is 5.90. The molecular weight excluding hydrogens is 384 g/mol. The number of ether oxygens (including phenoxy) is 2. The lowest BCUT2D eigenvalue weighted by molar-refractivity contribution is -0.386. The summed E-state index contributed by atoms with van der Waals surface area (Å²) in [5.41, 5.74) is 8.09. The van der Waals surface area contributed by atoms with Gasteiger partial charge < -0.3 is 20.2 Å². The van der Waals surface area contributed by atoms with Crippen molar-refractivity contribution in [3.8, 4) is 11.5 Å². The van der Waals surface area contributed by atoms with Crippen molar-refractivity contribution in [1.29, 1.82) is 0 Å². The molecule has 2 heterocycles. The van der Waals surface area contributed by atoms with E-state index in [1.807, 2.05) is 38.1 Å². The number of methoxy groups -OCH3 is 1. The first-order chi connectivity index (χ1) is 14.5. The highest BCUT2D eigenvalue weighted by atomic mass is 16.6. The average molecular weight is 410 g/mol. The van der Waals surface area contributed by atoms with Gasteiger partial charge in [-0.05, 0) is 36.6 Å². The smallest absolute Gasteiger partial charge is 0.315 e. The number of hydrazone groups is 1. The largest absolute Gasteiger partial charge is 0.493 e. The molecule has 0 aromatic heterocycles. The van der Waals surface area contributed by atoms with Crippen molar-refractivity contribution >= 4 is 11.4 Å². The Morgan fingerprint density at radius 2 is 2.10 bits per heavy atom. The Hall–Kier alpha value is -3.13. The van der Waals surface area contributed by atoms with Gasteiger partial charge in [-0.3, -0.25) is 10.1 Å². The van der Waals surface area contributed by atoms with E-state index < -0.39 is 4.92 Å². The molecule has 0 saturated carbocycles. The first-order valence-corrected chi connectivity index (χ1v) is 10.1. The van der Waals surface area contributed by atoms with Crippen LogP contribution in [0.2, 0.25) is 0 Å². The molecule has 2 aromatic rings. The average Bonchev–Trinajstić information content (AvgIpc) is 3.18. The Labute approximate surface area is 175 Å². The molecule has 158 valence electrons. The fourth-order valence-electron chi connectivity index (χ4n) is 4.10. The number of nitrogens with one attached hydrogen (secondary N) is 2. The predicted molar refractivity (Wildman–Crippen MR) is 114 cm³/mol. The molecule has 8 heteroatoms. The maximum atomic E-state index is 11.9. The van der Waals surface area contributed by atoms with Gasteiger partial charge in [-0.25, -0.2) is 0 Å². The lowest BCUT2D eigenvalue weighted by atomic mass is 9.87. The highest BCUT2D eigenvalue weighted by Crippen LogP contribution is 2.42. The molecule has 2 aromatic carbocycles. The monoisotopic (exact) mass is 410 g/mol. The number of rotatable bonds is 6. The molecule has 8 nitrogen and oxygen atoms in total. The standard InChI is InChI=1S/C22H26N4O4/c1-13-4-5-14(2)16(8-13)12-30-22-19(26(27)28)9-15(10-20(22)29-3)21-17-11-23-7-6-18(17)24-25-21/h4-5,8-10,17,21,23,25H,6-7,11-12H2,1-3H3. The maximum absolute atomic E-state index is 11.9. The third-order valence-electron chi connectivity index (χ3n) is 5.81. The summed E-state index contributed by atoms with van der Waals surface area (Å²) in [4.78, 5) is 11.5. The molecule has 2 N–H and O–H groups in total. The minimum Gasteiger partial charge on any atom is -0.493 e. The lowest BCUT2D eigenvalue weighted by Crippen LogP contribution is -2.38. The Bertz CT molecular complexity index is 1000. The summed E-state index contributed by atoms with van der Waals surface area (Å²) in [6, 6.07) is 9.33. The Balaban J connectivity index is 1.65. The normalized spacial score (nSPS) is 20.2. The second kappa shape index (κ2) is 8.31. The van der Waals surface area contributed by atoms with Gasteiger partial charge in [0.05, 0.1) is 18.1 Å². The Kier molecular flexibility index (Phi) is 5.59. The Morgan fingerprint density at radius 3 is 2.87 bits per heavy atom. The summed E-state index contributed by atoms with van der Waals surface area (Å²) < 4.78 is 11.4. The van der Waals surface area contributed by atoms with Crippen molar-refractivity contribution in [2.45, 2.75) is 32.9 Å². The van der Waals surface area contributed by atoms with Crippen LogP contribution in [0.15, 0.2) is 35.4 Å². The van der Waals surface area contributed by atoms with Crippen LogP contribution in [0.3, 0.4) is 0 Å². The minimum absolute atomic E-state index is 0.103. The molecule has 2 aliphatic heterocycles. The third-order valence-corrected chi connectivity index (χ3v) is 5.81. The topological polar surface area (TPSA) is 98.0 Å². The van der Waals surface area contributed by atoms with E-state index in [0.717, 1.165) is 47.5 Å². The lowest BCUT2D eigenvalue weighted by Gasteiger charge is -2.25. The van der Waals surface area contributed by atoms with Crippen molar-refractivity contribution < 1.29 is 14.4 Å². The SMILES string of the molecule is COc1cc(C2NN=C3CCNCC32)cc([N+](=O)[O-])c1OCc1cc(C)ccc1C. The van der Waals surface area contributed by atoms with Gasteiger partial charge in [0.1, 0.15) is 6.61 Å². The predicted octanol–water partition coefficient (Wildman–Crippen LogP) is 3.41. The van der Waals surface area contributed by atoms with E-state index in [-0.39, 0.29) is 30.0 Å². The van der Waals surface area contributed by atoms with Crippen LogP contribution in [0.25, 0.3) is 0 Å². The molecule has 2 atom stereocenters. The number of hydrogen-bond donors (Lipinski definition) is 2. The van der Waals surface area contributed by atoms with Crippen molar-refractivity contribution in [3.05, 3.63) is 62.7 Å². The van der Waals surface area contributed by atoms with Crippen LogP contribution in [0.1, 0.15) is 34.7 Å². The van der Waals surface area contributed by atoms with Crippen LogP contribution in [0, 0.1) is 29.9 Å². The maximum Gasteiger partial charge on any atom is 0.315 e. The molecule has 2 aliphatic rings. The molecule has 30 heavy (non-hydrogen) atoms. The van der Waals surface area contributed by atoms with Gasteiger partial charge in [0.15, 0.2) is 5.75 Å². The van der Waals surface area contributed by atoms with Crippen LogP contribution in [-0.4, -0.2) is 30.8 Å². The zero-order chi connectivity index (χ0) is 21.3. The summed E-state index contributed by atoms with van der Waals surface area (Å²) in [5, 5.41) is 19.7. The highest BCUT2D eigenvalue weighted by Gasteiger charge is 2.36. The number of fused-ring (bicyclic) bond motifs is 1. The summed E-state index contributed by atoms with van der Waals surface area (Å²) >= 11 is 0. The van der Waals surface area contributed by atoms with Gasteiger partial charge in [-0.15, -0.1) is 0 Å². The summed E-state index contributed by atoms with van der Waals surface area (Å²) in [6.45, 7) is 5.92. The minimum atomic E-state index is -0.416. The first kappa shape index (κ1) is 20.2. The van der Waals surface area contributed by atoms with Gasteiger partial charge >= 0.3 is 5.69 Å². The number of piperidine rings is 1. The summed E-state index contributed by atoms with van der Waals surface area (Å²) in [6.07, 6.45) is 0.879. The van der Waals surface area contributed by atoms with Crippen molar-refractivity contribution in [2.24, 2.45) is 11.0 Å². The fraction of sp³-hybridized carbons (Fsp3) is 0.409. The zero-order valence-electron chi connectivity index (χ0n) is 17.4. The van der Waals surface area contributed by atoms with E-state index in [9.17, 15) is 10.1 Å². The molecule has 1 saturated heterocycles. The van der Waals surface area contributed by atoms with Crippen LogP contribution in [0.5, 0.6) is 11.5 Å². The fourth-order valence-corrected chi connectivity index (χ4v) is 4.10. The van der Waals surface area contributed by atoms with Gasteiger partial charge in [0, 0.05) is 37.2 Å². The Morgan fingerprint density at radius 1 is 1.27 bits per heavy atom. The van der Waals surface area contributed by atoms with Crippen LogP contribution in [0.4, 0.5) is 5.69 Å². The van der Waals surface area contributed by atoms with Crippen molar-refractivity contribution in [2.75, 3.05) is 20.2 Å². The molecule has 2 unspecified atom stereocenters. The van der Waals surface area contributed by atoms with E-state index >= 15 is 0 Å². The third kappa shape index (κ3) is 3.82. The van der Waals surface area contributed by atoms with E-state index in [1.54, 1.807) is 6.07 Å². The first-order valence-electron chi connectivity index (χ1n) is 10.1. The second-order valence-corrected chi connectivity index (χ2v) is 7.82. The number of nitrogens with zero attached hydrogens (tertiary/aromatic N) is 2. The van der Waals surface area contributed by atoms with E-state index in [2.05, 4.69) is 15.8 Å². The summed E-state index contributed by atoms with van der Waals surface area (Å²) in [7, 11) is 1.50. The molecule has 0 radical (unpaired) electrons. The van der Waals surface area contributed by atoms with Crippen molar-refractivity contribution in [1.82, 2.24) is 10.7 Å². The van der Waals surface area contributed by atoms with Gasteiger partial charge in [-0.2, -0.15) is 5.10 Å². The second-order valence-electron chi connectivity index (χ2n) is 7.82. The molecule has 1 fully saturated rings. The van der Waals surface area contributed by atoms with Crippen LogP contribution in [-0.2, 0) is 6.61 Å². The molecule has 0 spiro atoms. The molecule has 0 aliphatic carbocycles. The quantitative estimate of drug-likeness (QED) is 0.559. The van der Waals surface area contributed by atoms with Gasteiger partial charge in [0.25, 0.3) is 0 Å². The van der Waals surface area contributed by atoms with E-state index in [4.69, 9.17) is 9.47 Å². The molecule has 0 amide bonds. The number of benzene rings is 2. The number of hydrogen-bond acceptors (Lipinski definition) is 7. The van der Waals surface area contributed by atoms with E-state index in [1.165, 1.54) is 7.11 Å².